The van der Waals surface area contributed by atoms with Gasteiger partial charge in [-0.25, -0.2) is 0 Å². The number of ether oxygens (including phenoxy) is 1. The number of nitro benzene ring substituents is 1. The van der Waals surface area contributed by atoms with E-state index in [9.17, 15) is 14.9 Å². The average molecular weight is 409 g/mol. The van der Waals surface area contributed by atoms with Crippen molar-refractivity contribution in [2.75, 3.05) is 5.32 Å². The van der Waals surface area contributed by atoms with E-state index in [1.807, 2.05) is 54.6 Å². The molecule has 0 bridgehead atoms. The fourth-order valence-corrected chi connectivity index (χ4v) is 2.72. The molecule has 146 valence electrons. The first kappa shape index (κ1) is 20.1. The minimum atomic E-state index is -0.602. The monoisotopic (exact) mass is 408 g/mol. The summed E-state index contributed by atoms with van der Waals surface area (Å²) in [6.45, 7) is 0.448. The second-order valence-corrected chi connectivity index (χ2v) is 6.50. The lowest BCUT2D eigenvalue weighted by Crippen LogP contribution is -2.08. The number of benzene rings is 3. The zero-order valence-electron chi connectivity index (χ0n) is 15.2. The summed E-state index contributed by atoms with van der Waals surface area (Å²) < 4.78 is 5.77. The molecule has 1 amide bonds. The first-order valence-corrected chi connectivity index (χ1v) is 9.09. The molecule has 0 aliphatic heterocycles. The molecule has 0 heterocycles. The van der Waals surface area contributed by atoms with Crippen molar-refractivity contribution in [1.29, 1.82) is 0 Å². The minimum Gasteiger partial charge on any atom is -0.489 e. The van der Waals surface area contributed by atoms with Crippen LogP contribution in [0.2, 0.25) is 5.02 Å². The molecule has 1 N–H and O–H groups in total. The van der Waals surface area contributed by atoms with E-state index in [4.69, 9.17) is 16.3 Å². The summed E-state index contributed by atoms with van der Waals surface area (Å²) in [7, 11) is 0. The Balaban J connectivity index is 1.61. The molecule has 0 saturated heterocycles. The van der Waals surface area contributed by atoms with Crippen molar-refractivity contribution in [2.24, 2.45) is 0 Å². The average Bonchev–Trinajstić information content (AvgIpc) is 2.73. The number of carbonyl (C=O) groups excluding carboxylic acids is 1. The molecular weight excluding hydrogens is 392 g/mol. The van der Waals surface area contributed by atoms with Crippen LogP contribution in [0.15, 0.2) is 78.9 Å². The summed E-state index contributed by atoms with van der Waals surface area (Å²) in [6, 6.07) is 21.2. The maximum atomic E-state index is 12.1. The summed E-state index contributed by atoms with van der Waals surface area (Å²) in [5.74, 6) is 0.266. The first-order chi connectivity index (χ1) is 14.0. The Morgan fingerprint density at radius 3 is 2.62 bits per heavy atom. The molecule has 29 heavy (non-hydrogen) atoms. The normalized spacial score (nSPS) is 10.7. The maximum absolute atomic E-state index is 12.1. The Labute approximate surface area is 172 Å². The minimum absolute atomic E-state index is 0.0101. The molecule has 0 aliphatic carbocycles. The van der Waals surface area contributed by atoms with Crippen molar-refractivity contribution in [2.45, 2.75) is 6.61 Å². The second-order valence-electron chi connectivity index (χ2n) is 6.09. The molecule has 0 spiro atoms. The number of hydrogen-bond donors (Lipinski definition) is 1. The summed E-state index contributed by atoms with van der Waals surface area (Å²) in [5, 5.41) is 13.5. The lowest BCUT2D eigenvalue weighted by atomic mass is 10.2. The first-order valence-electron chi connectivity index (χ1n) is 8.71. The molecule has 0 atom stereocenters. The van der Waals surface area contributed by atoms with Crippen LogP contribution in [0.1, 0.15) is 11.1 Å². The third-order valence-corrected chi connectivity index (χ3v) is 4.26. The fourth-order valence-electron chi connectivity index (χ4n) is 2.54. The third kappa shape index (κ3) is 5.92. The molecule has 0 aromatic heterocycles. The highest BCUT2D eigenvalue weighted by Gasteiger charge is 2.13. The summed E-state index contributed by atoms with van der Waals surface area (Å²) in [4.78, 5) is 22.4. The zero-order chi connectivity index (χ0) is 20.6. The van der Waals surface area contributed by atoms with Crippen LogP contribution in [-0.2, 0) is 11.4 Å². The van der Waals surface area contributed by atoms with Gasteiger partial charge >= 0.3 is 0 Å². The van der Waals surface area contributed by atoms with E-state index in [-0.39, 0.29) is 16.4 Å². The van der Waals surface area contributed by atoms with Gasteiger partial charge in [0.05, 0.1) is 4.92 Å². The Bertz CT molecular complexity index is 1050. The maximum Gasteiger partial charge on any atom is 0.289 e. The standard InChI is InChI=1S/C22H17ClN2O4/c23-20-11-10-18(14-21(20)25(27)28)24-22(26)12-9-16-7-4-8-19(13-16)29-15-17-5-2-1-3-6-17/h1-14H,15H2,(H,24,26)/b12-9+. The Morgan fingerprint density at radius 2 is 1.86 bits per heavy atom. The molecular formula is C22H17ClN2O4. The van der Waals surface area contributed by atoms with Crippen LogP contribution in [0.3, 0.4) is 0 Å². The molecule has 0 unspecified atom stereocenters. The van der Waals surface area contributed by atoms with Gasteiger partial charge in [0.15, 0.2) is 0 Å². The van der Waals surface area contributed by atoms with E-state index in [2.05, 4.69) is 5.32 Å². The smallest absolute Gasteiger partial charge is 0.289 e. The van der Waals surface area contributed by atoms with Gasteiger partial charge < -0.3 is 10.1 Å². The highest BCUT2D eigenvalue weighted by atomic mass is 35.5. The molecule has 0 fully saturated rings. The molecule has 3 aromatic carbocycles. The van der Waals surface area contributed by atoms with Gasteiger partial charge in [0.2, 0.25) is 5.91 Å². The topological polar surface area (TPSA) is 81.5 Å². The quantitative estimate of drug-likeness (QED) is 0.319. The van der Waals surface area contributed by atoms with Crippen LogP contribution in [0.5, 0.6) is 5.75 Å². The summed E-state index contributed by atoms with van der Waals surface area (Å²) in [5.41, 5.74) is 1.87. The van der Waals surface area contributed by atoms with Crippen LogP contribution in [0.4, 0.5) is 11.4 Å². The van der Waals surface area contributed by atoms with Crippen LogP contribution in [0, 0.1) is 10.1 Å². The Hall–Kier alpha value is -3.64. The second kappa shape index (κ2) is 9.52. The van der Waals surface area contributed by atoms with E-state index in [0.29, 0.717) is 12.4 Å². The van der Waals surface area contributed by atoms with Gasteiger partial charge in [-0.05, 0) is 41.5 Å². The van der Waals surface area contributed by atoms with Gasteiger partial charge in [-0.2, -0.15) is 0 Å². The van der Waals surface area contributed by atoms with E-state index in [0.717, 1.165) is 11.1 Å². The lowest BCUT2D eigenvalue weighted by Gasteiger charge is -2.07. The van der Waals surface area contributed by atoms with Crippen molar-refractivity contribution in [3.05, 3.63) is 105 Å². The predicted molar refractivity (Wildman–Crippen MR) is 113 cm³/mol. The highest BCUT2D eigenvalue weighted by molar-refractivity contribution is 6.32. The van der Waals surface area contributed by atoms with Crippen molar-refractivity contribution >= 4 is 35.0 Å². The van der Waals surface area contributed by atoms with E-state index < -0.39 is 10.8 Å². The number of nitro groups is 1. The molecule has 6 nitrogen and oxygen atoms in total. The molecule has 0 aliphatic rings. The van der Waals surface area contributed by atoms with E-state index in [1.165, 1.54) is 24.3 Å². The van der Waals surface area contributed by atoms with E-state index in [1.54, 1.807) is 6.08 Å². The molecule has 0 saturated carbocycles. The summed E-state index contributed by atoms with van der Waals surface area (Å²) >= 11 is 5.77. The molecule has 3 aromatic rings. The third-order valence-electron chi connectivity index (χ3n) is 3.94. The number of nitrogens with one attached hydrogen (secondary N) is 1. The van der Waals surface area contributed by atoms with Gasteiger partial charge in [-0.1, -0.05) is 54.1 Å². The van der Waals surface area contributed by atoms with Crippen molar-refractivity contribution in [3.63, 3.8) is 0 Å². The molecule has 7 heteroatoms. The number of amides is 1. The van der Waals surface area contributed by atoms with Crippen molar-refractivity contribution in [1.82, 2.24) is 0 Å². The van der Waals surface area contributed by atoms with Gasteiger partial charge in [-0.15, -0.1) is 0 Å². The molecule has 3 rings (SSSR count). The Morgan fingerprint density at radius 1 is 1.07 bits per heavy atom. The van der Waals surface area contributed by atoms with Crippen molar-refractivity contribution in [3.8, 4) is 5.75 Å². The highest BCUT2D eigenvalue weighted by Crippen LogP contribution is 2.27. The predicted octanol–water partition coefficient (Wildman–Crippen LogP) is 5.48. The van der Waals surface area contributed by atoms with Crippen LogP contribution in [0.25, 0.3) is 6.08 Å². The van der Waals surface area contributed by atoms with Gasteiger partial charge in [0, 0.05) is 17.8 Å². The lowest BCUT2D eigenvalue weighted by molar-refractivity contribution is -0.384. The number of halogens is 1. The SMILES string of the molecule is O=C(/C=C/c1cccc(OCc2ccccc2)c1)Nc1ccc(Cl)c([N+](=O)[O-])c1. The number of rotatable bonds is 7. The number of anilines is 1. The largest absolute Gasteiger partial charge is 0.489 e. The zero-order valence-corrected chi connectivity index (χ0v) is 16.0. The van der Waals surface area contributed by atoms with E-state index >= 15 is 0 Å². The van der Waals surface area contributed by atoms with Gasteiger partial charge in [-0.3, -0.25) is 14.9 Å². The van der Waals surface area contributed by atoms with Gasteiger partial charge in [0.1, 0.15) is 17.4 Å². The van der Waals surface area contributed by atoms with Crippen LogP contribution >= 0.6 is 11.6 Å². The van der Waals surface area contributed by atoms with Crippen molar-refractivity contribution < 1.29 is 14.5 Å². The number of nitrogens with zero attached hydrogens (tertiary/aromatic N) is 1. The fraction of sp³-hybridized carbons (Fsp3) is 0.0455. The summed E-state index contributed by atoms with van der Waals surface area (Å²) in [6.07, 6.45) is 2.98. The van der Waals surface area contributed by atoms with Crippen LogP contribution < -0.4 is 10.1 Å². The Kier molecular flexibility index (Phi) is 6.60. The van der Waals surface area contributed by atoms with Crippen LogP contribution in [-0.4, -0.2) is 10.8 Å². The molecule has 0 radical (unpaired) electrons. The number of hydrogen-bond acceptors (Lipinski definition) is 4. The van der Waals surface area contributed by atoms with Gasteiger partial charge in [0.25, 0.3) is 5.69 Å². The number of carbonyl (C=O) groups is 1.